The Morgan fingerprint density at radius 1 is 1.19 bits per heavy atom. The van der Waals surface area contributed by atoms with Crippen molar-refractivity contribution in [1.82, 2.24) is 9.97 Å². The molecule has 9 heteroatoms. The Morgan fingerprint density at radius 3 is 2.75 bits per heavy atom. The molecule has 1 amide bonds. The zero-order valence-electron chi connectivity index (χ0n) is 17.4. The number of benzene rings is 1. The minimum absolute atomic E-state index is 0.00898. The van der Waals surface area contributed by atoms with E-state index < -0.39 is 17.5 Å². The van der Waals surface area contributed by atoms with Crippen LogP contribution in [0.5, 0.6) is 0 Å². The third-order valence-corrected chi connectivity index (χ3v) is 5.84. The first-order valence-corrected chi connectivity index (χ1v) is 10.8. The van der Waals surface area contributed by atoms with E-state index in [4.69, 9.17) is 10.5 Å². The number of aromatic nitrogens is 2. The van der Waals surface area contributed by atoms with Crippen LogP contribution in [0.25, 0.3) is 11.3 Å². The lowest BCUT2D eigenvalue weighted by Crippen LogP contribution is -2.35. The van der Waals surface area contributed by atoms with Gasteiger partial charge >= 0.3 is 0 Å². The molecule has 1 aromatic carbocycles. The van der Waals surface area contributed by atoms with Gasteiger partial charge < -0.3 is 15.8 Å². The molecule has 6 nitrogen and oxygen atoms in total. The number of hydrogen-bond donors (Lipinski definition) is 2. The maximum absolute atomic E-state index is 14.5. The maximum atomic E-state index is 14.5. The van der Waals surface area contributed by atoms with Gasteiger partial charge in [0.05, 0.1) is 24.1 Å². The molecular formula is C23H23F2N4O2P. The van der Waals surface area contributed by atoms with E-state index in [0.29, 0.717) is 17.4 Å². The van der Waals surface area contributed by atoms with E-state index in [9.17, 15) is 13.6 Å². The molecule has 4 atom stereocenters. The van der Waals surface area contributed by atoms with Crippen LogP contribution in [0.2, 0.25) is 0 Å². The predicted octanol–water partition coefficient (Wildman–Crippen LogP) is 3.74. The Morgan fingerprint density at radius 2 is 2.00 bits per heavy atom. The number of hydrogen-bond acceptors (Lipinski definition) is 5. The number of nitrogens with zero attached hydrogens (tertiary/aromatic N) is 2. The van der Waals surface area contributed by atoms with Crippen LogP contribution >= 0.6 is 9.24 Å². The number of pyridine rings is 2. The molecule has 2 aromatic heterocycles. The molecule has 1 aliphatic rings. The molecule has 0 spiro atoms. The molecule has 1 unspecified atom stereocenters. The summed E-state index contributed by atoms with van der Waals surface area (Å²) in [5, 5.41) is 3.21. The van der Waals surface area contributed by atoms with E-state index in [2.05, 4.69) is 24.5 Å². The molecule has 32 heavy (non-hydrogen) atoms. The van der Waals surface area contributed by atoms with Crippen molar-refractivity contribution in [2.24, 2.45) is 5.73 Å². The van der Waals surface area contributed by atoms with Crippen LogP contribution in [0.15, 0.2) is 48.8 Å². The third-order valence-electron chi connectivity index (χ3n) is 5.36. The summed E-state index contributed by atoms with van der Waals surface area (Å²) in [6, 6.07) is 8.46. The summed E-state index contributed by atoms with van der Waals surface area (Å²) in [4.78, 5) is 21.2. The van der Waals surface area contributed by atoms with Crippen molar-refractivity contribution in [1.29, 1.82) is 0 Å². The van der Waals surface area contributed by atoms with Gasteiger partial charge in [-0.05, 0) is 49.3 Å². The number of halogens is 2. The first-order valence-electron chi connectivity index (χ1n) is 10.2. The molecular weight excluding hydrogens is 433 g/mol. The van der Waals surface area contributed by atoms with Crippen LogP contribution in [-0.4, -0.2) is 28.0 Å². The SMILES string of the molecule is C[C@@H]1C[C@H](N)C[C@H](c2ccncc2NC(=O)c2ccc(F)c(-c3c(F)cccc3P)n2)O1. The fraction of sp³-hybridized carbons (Fsp3) is 0.261. The number of ether oxygens (including phenoxy) is 1. The average Bonchev–Trinajstić information content (AvgIpc) is 2.74. The van der Waals surface area contributed by atoms with Crippen LogP contribution < -0.4 is 16.4 Å². The van der Waals surface area contributed by atoms with Gasteiger partial charge in [0.1, 0.15) is 23.0 Å². The van der Waals surface area contributed by atoms with E-state index in [1.165, 1.54) is 24.4 Å². The second-order valence-electron chi connectivity index (χ2n) is 7.81. The predicted molar refractivity (Wildman–Crippen MR) is 122 cm³/mol. The highest BCUT2D eigenvalue weighted by Gasteiger charge is 2.28. The molecule has 1 saturated heterocycles. The van der Waals surface area contributed by atoms with Gasteiger partial charge in [-0.25, -0.2) is 13.8 Å². The molecule has 0 bridgehead atoms. The summed E-state index contributed by atoms with van der Waals surface area (Å²) in [5.74, 6) is -1.93. The first-order chi connectivity index (χ1) is 15.3. The standard InChI is InChI=1S/C23H23F2N4O2P/c1-12-9-13(26)10-19(31-12)14-7-8-27-11-18(14)29-23(30)17-6-5-16(25)22(28-17)21-15(24)3-2-4-20(21)32/h2-8,11-13,19H,9-10,26,32H2,1H3,(H,29,30)/t12-,13+,19-/m1/s1. The fourth-order valence-corrected chi connectivity index (χ4v) is 4.29. The summed E-state index contributed by atoms with van der Waals surface area (Å²) >= 11 is 0. The van der Waals surface area contributed by atoms with E-state index in [0.717, 1.165) is 18.1 Å². The Hall–Kier alpha value is -2.80. The molecule has 3 N–H and O–H groups in total. The van der Waals surface area contributed by atoms with Crippen molar-refractivity contribution >= 4 is 26.1 Å². The Bertz CT molecular complexity index is 1130. The lowest BCUT2D eigenvalue weighted by molar-refractivity contribution is -0.0483. The van der Waals surface area contributed by atoms with Crippen molar-refractivity contribution in [2.45, 2.75) is 38.0 Å². The van der Waals surface area contributed by atoms with Gasteiger partial charge in [0.15, 0.2) is 0 Å². The number of carbonyl (C=O) groups excluding carboxylic acids is 1. The van der Waals surface area contributed by atoms with Crippen LogP contribution in [0.3, 0.4) is 0 Å². The Labute approximate surface area is 186 Å². The number of rotatable bonds is 4. The maximum Gasteiger partial charge on any atom is 0.274 e. The van der Waals surface area contributed by atoms with Gasteiger partial charge in [-0.15, -0.1) is 9.24 Å². The van der Waals surface area contributed by atoms with Crippen molar-refractivity contribution in [3.05, 3.63) is 71.7 Å². The van der Waals surface area contributed by atoms with Crippen LogP contribution in [0.4, 0.5) is 14.5 Å². The Kier molecular flexibility index (Phi) is 6.55. The highest BCUT2D eigenvalue weighted by Crippen LogP contribution is 2.34. The number of nitrogens with two attached hydrogens (primary N) is 1. The monoisotopic (exact) mass is 456 g/mol. The smallest absolute Gasteiger partial charge is 0.274 e. The molecule has 1 fully saturated rings. The highest BCUT2D eigenvalue weighted by molar-refractivity contribution is 7.28. The van der Waals surface area contributed by atoms with Crippen LogP contribution in [0.1, 0.15) is 41.9 Å². The average molecular weight is 456 g/mol. The zero-order valence-corrected chi connectivity index (χ0v) is 18.5. The molecule has 3 aromatic rings. The second-order valence-corrected chi connectivity index (χ2v) is 8.44. The summed E-state index contributed by atoms with van der Waals surface area (Å²) in [7, 11) is 2.35. The number of nitrogens with one attached hydrogen (secondary N) is 1. The quantitative estimate of drug-likeness (QED) is 0.584. The van der Waals surface area contributed by atoms with Crippen LogP contribution in [0, 0.1) is 11.6 Å². The van der Waals surface area contributed by atoms with E-state index >= 15 is 0 Å². The number of carbonyl (C=O) groups is 1. The zero-order chi connectivity index (χ0) is 22.8. The van der Waals surface area contributed by atoms with Crippen molar-refractivity contribution in [3.8, 4) is 11.3 Å². The van der Waals surface area contributed by atoms with Gasteiger partial charge in [-0.2, -0.15) is 0 Å². The minimum atomic E-state index is -0.726. The molecule has 0 aliphatic carbocycles. The van der Waals surface area contributed by atoms with Gasteiger partial charge in [0, 0.05) is 23.4 Å². The molecule has 3 heterocycles. The van der Waals surface area contributed by atoms with Gasteiger partial charge in [-0.3, -0.25) is 9.78 Å². The normalized spacial score (nSPS) is 20.7. The van der Waals surface area contributed by atoms with Crippen molar-refractivity contribution in [3.63, 3.8) is 0 Å². The summed E-state index contributed by atoms with van der Waals surface area (Å²) in [6.45, 7) is 1.96. The molecule has 4 rings (SSSR count). The fourth-order valence-electron chi connectivity index (χ4n) is 3.90. The third kappa shape index (κ3) is 4.67. The minimum Gasteiger partial charge on any atom is -0.370 e. The summed E-state index contributed by atoms with van der Waals surface area (Å²) < 4.78 is 34.9. The largest absolute Gasteiger partial charge is 0.370 e. The van der Waals surface area contributed by atoms with E-state index in [-0.39, 0.29) is 35.2 Å². The van der Waals surface area contributed by atoms with E-state index in [1.807, 2.05) is 6.92 Å². The van der Waals surface area contributed by atoms with E-state index in [1.54, 1.807) is 18.3 Å². The lowest BCUT2D eigenvalue weighted by Gasteiger charge is -2.33. The van der Waals surface area contributed by atoms with Crippen molar-refractivity contribution < 1.29 is 18.3 Å². The topological polar surface area (TPSA) is 90.1 Å². The second kappa shape index (κ2) is 9.36. The van der Waals surface area contributed by atoms with Gasteiger partial charge in [-0.1, -0.05) is 12.1 Å². The summed E-state index contributed by atoms with van der Waals surface area (Å²) in [5.41, 5.74) is 7.05. The molecule has 0 saturated carbocycles. The van der Waals surface area contributed by atoms with Gasteiger partial charge in [0.25, 0.3) is 5.91 Å². The lowest BCUT2D eigenvalue weighted by atomic mass is 9.95. The molecule has 166 valence electrons. The summed E-state index contributed by atoms with van der Waals surface area (Å²) in [6.07, 6.45) is 4.21. The molecule has 0 radical (unpaired) electrons. The van der Waals surface area contributed by atoms with Crippen molar-refractivity contribution in [2.75, 3.05) is 5.32 Å². The highest BCUT2D eigenvalue weighted by atomic mass is 31.0. The number of anilines is 1. The first kappa shape index (κ1) is 22.4. The Balaban J connectivity index is 1.64. The molecule has 1 aliphatic heterocycles. The van der Waals surface area contributed by atoms with Gasteiger partial charge in [0.2, 0.25) is 0 Å². The van der Waals surface area contributed by atoms with Crippen LogP contribution in [-0.2, 0) is 4.74 Å². The number of amides is 1.